The van der Waals surface area contributed by atoms with E-state index in [1.165, 1.54) is 25.7 Å². The lowest BCUT2D eigenvalue weighted by Crippen LogP contribution is -2.77. The first kappa shape index (κ1) is 23.9. The van der Waals surface area contributed by atoms with Crippen LogP contribution >= 0.6 is 0 Å². The van der Waals surface area contributed by atoms with Gasteiger partial charge in [-0.1, -0.05) is 32.1 Å². The maximum absolute atomic E-state index is 13.2. The summed E-state index contributed by atoms with van der Waals surface area (Å²) in [5.41, 5.74) is -0.351. The minimum absolute atomic E-state index is 0.0131. The number of ether oxygens (including phenoxy) is 5. The van der Waals surface area contributed by atoms with Crippen LogP contribution < -0.4 is 4.74 Å². The molecule has 1 fully saturated rings. The summed E-state index contributed by atoms with van der Waals surface area (Å²) in [6.45, 7) is 1.95. The third-order valence-corrected chi connectivity index (χ3v) is 5.95. The van der Waals surface area contributed by atoms with Crippen molar-refractivity contribution in [1.29, 1.82) is 0 Å². The molecule has 0 aliphatic carbocycles. The average Bonchev–Trinajstić information content (AvgIpc) is 2.78. The molecule has 2 bridgehead atoms. The van der Waals surface area contributed by atoms with Gasteiger partial charge in [0.05, 0.1) is 19.3 Å². The average molecular weight is 437 g/mol. The summed E-state index contributed by atoms with van der Waals surface area (Å²) in [6, 6.07) is 3.47. The number of methoxy groups -OCH3 is 2. The molecule has 2 aliphatic heterocycles. The molecule has 3 rings (SSSR count). The fraction of sp³-hybridized carbons (Fsp3) is 0.739. The van der Waals surface area contributed by atoms with Gasteiger partial charge in [0.1, 0.15) is 19.3 Å². The van der Waals surface area contributed by atoms with Crippen LogP contribution in [0.5, 0.6) is 5.75 Å². The van der Waals surface area contributed by atoms with E-state index in [0.717, 1.165) is 30.7 Å². The van der Waals surface area contributed by atoms with Crippen molar-refractivity contribution in [2.24, 2.45) is 0 Å². The molecule has 8 nitrogen and oxygen atoms in total. The first-order chi connectivity index (χ1) is 15.2. The van der Waals surface area contributed by atoms with Crippen LogP contribution in [-0.2, 0) is 30.2 Å². The largest absolute Gasteiger partial charge is 0.493 e. The van der Waals surface area contributed by atoms with Gasteiger partial charge < -0.3 is 28.6 Å². The van der Waals surface area contributed by atoms with Gasteiger partial charge in [-0.25, -0.2) is 0 Å². The molecule has 0 radical (unpaired) electrons. The van der Waals surface area contributed by atoms with Crippen LogP contribution in [0.25, 0.3) is 0 Å². The second kappa shape index (κ2) is 12.3. The molecule has 1 amide bonds. The summed E-state index contributed by atoms with van der Waals surface area (Å²) in [7, 11) is 3.12. The number of amides is 1. The fourth-order valence-corrected chi connectivity index (χ4v) is 4.28. The van der Waals surface area contributed by atoms with Gasteiger partial charge in [-0.2, -0.15) is 0 Å². The normalized spacial score (nSPS) is 26.2. The summed E-state index contributed by atoms with van der Waals surface area (Å²) in [5.74, 6) is 0.629. The Hall–Kier alpha value is -1.74. The van der Waals surface area contributed by atoms with Crippen molar-refractivity contribution in [1.82, 2.24) is 9.88 Å². The highest BCUT2D eigenvalue weighted by molar-refractivity contribution is 5.93. The van der Waals surface area contributed by atoms with Gasteiger partial charge >= 0.3 is 0 Å². The molecule has 0 unspecified atom stereocenters. The number of hydrogen-bond donors (Lipinski definition) is 0. The zero-order valence-electron chi connectivity index (χ0n) is 18.8. The number of pyridine rings is 1. The van der Waals surface area contributed by atoms with Crippen LogP contribution in [0.2, 0.25) is 0 Å². The van der Waals surface area contributed by atoms with E-state index in [4.69, 9.17) is 23.7 Å². The molecular weight excluding hydrogens is 400 g/mol. The van der Waals surface area contributed by atoms with E-state index in [9.17, 15) is 4.79 Å². The van der Waals surface area contributed by atoms with Crippen LogP contribution in [0.15, 0.2) is 18.3 Å². The smallest absolute Gasteiger partial charge is 0.259 e. The maximum atomic E-state index is 13.2. The standard InChI is InChI=1S/C23H36N2O6/c1-27-17-25-21-16-29-12-8-6-4-3-5-7-9-13-30-20-10-11-24-19(14-20)15-23(21,22(25)26)31-18-28-2/h10-11,14,21H,3-9,12-13,15-18H2,1-2H3/t21-,23+/m0/s1. The van der Waals surface area contributed by atoms with Gasteiger partial charge in [-0.05, 0) is 18.9 Å². The van der Waals surface area contributed by atoms with E-state index in [1.54, 1.807) is 25.3 Å². The number of β-lactam (4-membered cyclic amide) rings is 1. The van der Waals surface area contributed by atoms with Gasteiger partial charge in [0.25, 0.3) is 5.91 Å². The zero-order chi connectivity index (χ0) is 21.9. The summed E-state index contributed by atoms with van der Waals surface area (Å²) in [5, 5.41) is 0. The van der Waals surface area contributed by atoms with Crippen molar-refractivity contribution in [3.8, 4) is 5.75 Å². The number of likely N-dealkylation sites (tertiary alicyclic amines) is 1. The Morgan fingerprint density at radius 3 is 2.58 bits per heavy atom. The van der Waals surface area contributed by atoms with Crippen LogP contribution in [0.1, 0.15) is 50.6 Å². The monoisotopic (exact) mass is 436 g/mol. The Morgan fingerprint density at radius 1 is 1.10 bits per heavy atom. The SMILES string of the molecule is COCO[C@]12Cc3cc(ccn3)OCCCCCCCCCOC[C@@H]1N(COC)C2=O. The predicted molar refractivity (Wildman–Crippen MR) is 115 cm³/mol. The van der Waals surface area contributed by atoms with E-state index < -0.39 is 5.60 Å². The van der Waals surface area contributed by atoms with Crippen molar-refractivity contribution in [3.63, 3.8) is 0 Å². The number of hydrogen-bond acceptors (Lipinski definition) is 7. The highest BCUT2D eigenvalue weighted by Crippen LogP contribution is 2.38. The van der Waals surface area contributed by atoms with Crippen molar-refractivity contribution in [2.45, 2.75) is 63.0 Å². The molecule has 31 heavy (non-hydrogen) atoms. The molecule has 1 aromatic rings. The lowest BCUT2D eigenvalue weighted by molar-refractivity contribution is -0.239. The molecule has 3 heterocycles. The number of carbonyl (C=O) groups is 1. The van der Waals surface area contributed by atoms with Crippen molar-refractivity contribution in [2.75, 3.05) is 47.6 Å². The number of aromatic nitrogens is 1. The molecule has 0 N–H and O–H groups in total. The summed E-state index contributed by atoms with van der Waals surface area (Å²) in [4.78, 5) is 19.3. The van der Waals surface area contributed by atoms with Crippen LogP contribution in [-0.4, -0.2) is 75.0 Å². The van der Waals surface area contributed by atoms with E-state index >= 15 is 0 Å². The van der Waals surface area contributed by atoms with Gasteiger partial charge in [0.2, 0.25) is 0 Å². The highest BCUT2D eigenvalue weighted by atomic mass is 16.7. The molecule has 8 heteroatoms. The Labute approximate surface area is 185 Å². The number of nitrogens with zero attached hydrogens (tertiary/aromatic N) is 2. The van der Waals surface area contributed by atoms with Crippen molar-refractivity contribution in [3.05, 3.63) is 24.0 Å². The van der Waals surface area contributed by atoms with Crippen LogP contribution in [0, 0.1) is 0 Å². The third-order valence-electron chi connectivity index (χ3n) is 5.95. The van der Waals surface area contributed by atoms with E-state index in [1.807, 2.05) is 12.1 Å². The molecule has 0 aromatic carbocycles. The second-order valence-corrected chi connectivity index (χ2v) is 8.21. The van der Waals surface area contributed by atoms with E-state index in [2.05, 4.69) is 4.98 Å². The molecule has 1 aromatic heterocycles. The predicted octanol–water partition coefficient (Wildman–Crippen LogP) is 2.94. The van der Waals surface area contributed by atoms with Crippen molar-refractivity contribution >= 4 is 5.91 Å². The molecule has 2 atom stereocenters. The first-order valence-corrected chi connectivity index (χ1v) is 11.3. The fourth-order valence-electron chi connectivity index (χ4n) is 4.28. The summed E-state index contributed by atoms with van der Waals surface area (Å²) >= 11 is 0. The Kier molecular flexibility index (Phi) is 9.52. The number of rotatable bonds is 5. The summed E-state index contributed by atoms with van der Waals surface area (Å²) < 4.78 is 28.3. The lowest BCUT2D eigenvalue weighted by Gasteiger charge is -2.54. The zero-order valence-corrected chi connectivity index (χ0v) is 18.8. The lowest BCUT2D eigenvalue weighted by atomic mass is 9.78. The van der Waals surface area contributed by atoms with E-state index in [0.29, 0.717) is 26.2 Å². The Morgan fingerprint density at radius 2 is 1.84 bits per heavy atom. The van der Waals surface area contributed by atoms with Gasteiger partial charge in [0.15, 0.2) is 5.60 Å². The number of carbonyl (C=O) groups excluding carboxylic acids is 1. The minimum atomic E-state index is -1.09. The minimum Gasteiger partial charge on any atom is -0.493 e. The quantitative estimate of drug-likeness (QED) is 0.519. The number of fused-ring (bicyclic) bond motifs is 3. The Balaban J connectivity index is 1.81. The molecule has 174 valence electrons. The van der Waals surface area contributed by atoms with Crippen LogP contribution in [0.4, 0.5) is 0 Å². The summed E-state index contributed by atoms with van der Waals surface area (Å²) in [6.07, 6.45) is 10.1. The first-order valence-electron chi connectivity index (χ1n) is 11.3. The van der Waals surface area contributed by atoms with Crippen LogP contribution in [0.3, 0.4) is 0 Å². The van der Waals surface area contributed by atoms with Crippen molar-refractivity contribution < 1.29 is 28.5 Å². The Bertz CT molecular complexity index is 688. The maximum Gasteiger partial charge on any atom is 0.259 e. The molecule has 0 spiro atoms. The topological polar surface area (TPSA) is 79.3 Å². The molecule has 0 saturated carbocycles. The molecule has 2 aliphatic rings. The second-order valence-electron chi connectivity index (χ2n) is 8.21. The van der Waals surface area contributed by atoms with Gasteiger partial charge in [0, 0.05) is 45.2 Å². The molecular formula is C23H36N2O6. The molecule has 1 saturated heterocycles. The van der Waals surface area contributed by atoms with Gasteiger partial charge in [-0.3, -0.25) is 9.78 Å². The highest BCUT2D eigenvalue weighted by Gasteiger charge is 2.62. The van der Waals surface area contributed by atoms with E-state index in [-0.39, 0.29) is 25.5 Å². The van der Waals surface area contributed by atoms with Gasteiger partial charge in [-0.15, -0.1) is 0 Å². The third kappa shape index (κ3) is 6.16.